The molecule has 0 aliphatic rings. The van der Waals surface area contributed by atoms with E-state index in [9.17, 15) is 4.79 Å². The van der Waals surface area contributed by atoms with Crippen molar-refractivity contribution in [2.24, 2.45) is 0 Å². The molecule has 0 aliphatic heterocycles. The summed E-state index contributed by atoms with van der Waals surface area (Å²) in [5, 5.41) is 4.99. The standard InChI is InChI=1S/C18H13Br2NO2/c19-13-8-9-17(15(20)10-13)23-11-18(22)21-16-7-3-5-12-4-1-2-6-14(12)16/h1-10H,11H2,(H,21,22). The van der Waals surface area contributed by atoms with Crippen molar-refractivity contribution in [2.45, 2.75) is 0 Å². The molecule has 1 amide bonds. The topological polar surface area (TPSA) is 38.3 Å². The van der Waals surface area contributed by atoms with Gasteiger partial charge in [0, 0.05) is 15.5 Å². The third-order valence-corrected chi connectivity index (χ3v) is 4.43. The van der Waals surface area contributed by atoms with Gasteiger partial charge in [0.25, 0.3) is 5.91 Å². The van der Waals surface area contributed by atoms with E-state index in [-0.39, 0.29) is 12.5 Å². The van der Waals surface area contributed by atoms with Crippen LogP contribution >= 0.6 is 31.9 Å². The Bertz CT molecular complexity index is 859. The highest BCUT2D eigenvalue weighted by molar-refractivity contribution is 9.11. The SMILES string of the molecule is O=C(COc1ccc(Br)cc1Br)Nc1cccc2ccccc12. The fourth-order valence-corrected chi connectivity index (χ4v) is 3.42. The monoisotopic (exact) mass is 433 g/mol. The van der Waals surface area contributed by atoms with Gasteiger partial charge in [0.1, 0.15) is 5.75 Å². The zero-order valence-electron chi connectivity index (χ0n) is 12.1. The first-order valence-corrected chi connectivity index (χ1v) is 8.57. The van der Waals surface area contributed by atoms with Gasteiger partial charge in [-0.15, -0.1) is 0 Å². The molecule has 3 rings (SSSR count). The third-order valence-electron chi connectivity index (χ3n) is 3.32. The van der Waals surface area contributed by atoms with Crippen molar-refractivity contribution in [2.75, 3.05) is 11.9 Å². The van der Waals surface area contributed by atoms with E-state index in [0.29, 0.717) is 5.75 Å². The molecule has 0 saturated carbocycles. The Kier molecular flexibility index (Phi) is 4.98. The van der Waals surface area contributed by atoms with Gasteiger partial charge in [0.2, 0.25) is 0 Å². The second-order valence-corrected chi connectivity index (χ2v) is 6.71. The van der Waals surface area contributed by atoms with E-state index in [4.69, 9.17) is 4.74 Å². The van der Waals surface area contributed by atoms with Crippen LogP contribution in [0.1, 0.15) is 0 Å². The summed E-state index contributed by atoms with van der Waals surface area (Å²) in [6.07, 6.45) is 0. The number of rotatable bonds is 4. The Balaban J connectivity index is 1.69. The molecule has 0 fully saturated rings. The number of carbonyl (C=O) groups is 1. The van der Waals surface area contributed by atoms with Crippen molar-refractivity contribution in [3.05, 3.63) is 69.6 Å². The smallest absolute Gasteiger partial charge is 0.262 e. The maximum Gasteiger partial charge on any atom is 0.262 e. The summed E-state index contributed by atoms with van der Waals surface area (Å²) < 4.78 is 7.30. The van der Waals surface area contributed by atoms with E-state index in [1.807, 2.05) is 54.6 Å². The fourth-order valence-electron chi connectivity index (χ4n) is 2.26. The summed E-state index contributed by atoms with van der Waals surface area (Å²) in [4.78, 5) is 12.1. The molecule has 0 bridgehead atoms. The first kappa shape index (κ1) is 16.0. The molecule has 1 N–H and O–H groups in total. The molecule has 0 spiro atoms. The number of hydrogen-bond acceptors (Lipinski definition) is 2. The molecule has 116 valence electrons. The van der Waals surface area contributed by atoms with Gasteiger partial charge >= 0.3 is 0 Å². The van der Waals surface area contributed by atoms with Crippen molar-refractivity contribution in [1.29, 1.82) is 0 Å². The first-order chi connectivity index (χ1) is 11.1. The van der Waals surface area contributed by atoms with E-state index in [2.05, 4.69) is 37.2 Å². The van der Waals surface area contributed by atoms with E-state index >= 15 is 0 Å². The summed E-state index contributed by atoms with van der Waals surface area (Å²) >= 11 is 6.79. The van der Waals surface area contributed by atoms with Gasteiger partial charge in [-0.3, -0.25) is 4.79 Å². The van der Waals surface area contributed by atoms with Gasteiger partial charge in [-0.25, -0.2) is 0 Å². The van der Waals surface area contributed by atoms with Crippen LogP contribution in [0.15, 0.2) is 69.6 Å². The van der Waals surface area contributed by atoms with Crippen LogP contribution in [0.4, 0.5) is 5.69 Å². The van der Waals surface area contributed by atoms with Crippen molar-refractivity contribution < 1.29 is 9.53 Å². The molecule has 3 aromatic rings. The van der Waals surface area contributed by atoms with E-state index in [0.717, 1.165) is 25.4 Å². The number of benzene rings is 3. The van der Waals surface area contributed by atoms with Gasteiger partial charge in [-0.2, -0.15) is 0 Å². The Hall–Kier alpha value is -1.85. The minimum Gasteiger partial charge on any atom is -0.483 e. The van der Waals surface area contributed by atoms with Gasteiger partial charge in [0.05, 0.1) is 4.47 Å². The van der Waals surface area contributed by atoms with Gasteiger partial charge in [-0.05, 0) is 45.6 Å². The summed E-state index contributed by atoms with van der Waals surface area (Å²) in [7, 11) is 0. The highest BCUT2D eigenvalue weighted by Gasteiger charge is 2.08. The molecule has 5 heteroatoms. The first-order valence-electron chi connectivity index (χ1n) is 6.99. The lowest BCUT2D eigenvalue weighted by Gasteiger charge is -2.11. The minimum absolute atomic E-state index is 0.0521. The van der Waals surface area contributed by atoms with Crippen LogP contribution in [-0.2, 0) is 4.79 Å². The second-order valence-electron chi connectivity index (χ2n) is 4.94. The molecule has 0 unspecified atom stereocenters. The molecule has 0 atom stereocenters. The van der Waals surface area contributed by atoms with Gasteiger partial charge in [0.15, 0.2) is 6.61 Å². The molecule has 0 heterocycles. The molecule has 0 aromatic heterocycles. The number of fused-ring (bicyclic) bond motifs is 1. The molecule has 0 saturated heterocycles. The van der Waals surface area contributed by atoms with E-state index in [1.54, 1.807) is 6.07 Å². The zero-order valence-corrected chi connectivity index (χ0v) is 15.2. The predicted octanol–water partition coefficient (Wildman–Crippen LogP) is 5.38. The second kappa shape index (κ2) is 7.15. The van der Waals surface area contributed by atoms with Crippen molar-refractivity contribution in [3.63, 3.8) is 0 Å². The summed E-state index contributed by atoms with van der Waals surface area (Å²) in [5.41, 5.74) is 0.784. The Morgan fingerprint density at radius 1 is 1.00 bits per heavy atom. The minimum atomic E-state index is -0.198. The van der Waals surface area contributed by atoms with Crippen LogP contribution in [0, 0.1) is 0 Å². The molecule has 3 nitrogen and oxygen atoms in total. The number of hydrogen-bond donors (Lipinski definition) is 1. The Morgan fingerprint density at radius 3 is 2.61 bits per heavy atom. The fraction of sp³-hybridized carbons (Fsp3) is 0.0556. The summed E-state index contributed by atoms with van der Waals surface area (Å²) in [6, 6.07) is 19.3. The molecule has 0 radical (unpaired) electrons. The van der Waals surface area contributed by atoms with Gasteiger partial charge in [-0.1, -0.05) is 52.3 Å². The molecule has 3 aromatic carbocycles. The Labute approximate surface area is 150 Å². The highest BCUT2D eigenvalue weighted by Crippen LogP contribution is 2.28. The maximum atomic E-state index is 12.1. The van der Waals surface area contributed by atoms with Crippen LogP contribution in [-0.4, -0.2) is 12.5 Å². The molecular formula is C18H13Br2NO2. The van der Waals surface area contributed by atoms with Crippen LogP contribution in [0.3, 0.4) is 0 Å². The highest BCUT2D eigenvalue weighted by atomic mass is 79.9. The van der Waals surface area contributed by atoms with E-state index in [1.165, 1.54) is 0 Å². The third kappa shape index (κ3) is 3.92. The average Bonchev–Trinajstić information content (AvgIpc) is 2.54. The number of anilines is 1. The molecular weight excluding hydrogens is 422 g/mol. The van der Waals surface area contributed by atoms with Crippen LogP contribution < -0.4 is 10.1 Å². The lowest BCUT2D eigenvalue weighted by molar-refractivity contribution is -0.118. The molecule has 0 aliphatic carbocycles. The number of halogens is 2. The van der Waals surface area contributed by atoms with Crippen molar-refractivity contribution in [3.8, 4) is 5.75 Å². The van der Waals surface area contributed by atoms with E-state index < -0.39 is 0 Å². The number of nitrogens with one attached hydrogen (secondary N) is 1. The summed E-state index contributed by atoms with van der Waals surface area (Å²) in [6.45, 7) is -0.0521. The zero-order chi connectivity index (χ0) is 16.2. The number of carbonyl (C=O) groups excluding carboxylic acids is 1. The largest absolute Gasteiger partial charge is 0.483 e. The number of ether oxygens (including phenoxy) is 1. The lowest BCUT2D eigenvalue weighted by atomic mass is 10.1. The average molecular weight is 435 g/mol. The van der Waals surface area contributed by atoms with Crippen LogP contribution in [0.25, 0.3) is 10.8 Å². The van der Waals surface area contributed by atoms with Gasteiger partial charge < -0.3 is 10.1 Å². The maximum absolute atomic E-state index is 12.1. The van der Waals surface area contributed by atoms with Crippen LogP contribution in [0.2, 0.25) is 0 Å². The predicted molar refractivity (Wildman–Crippen MR) is 99.9 cm³/mol. The summed E-state index contributed by atoms with van der Waals surface area (Å²) in [5.74, 6) is 0.428. The normalized spacial score (nSPS) is 10.5. The lowest BCUT2D eigenvalue weighted by Crippen LogP contribution is -2.20. The number of amides is 1. The quantitative estimate of drug-likeness (QED) is 0.598. The van der Waals surface area contributed by atoms with Crippen molar-refractivity contribution in [1.82, 2.24) is 0 Å². The van der Waals surface area contributed by atoms with Crippen molar-refractivity contribution >= 4 is 54.2 Å². The Morgan fingerprint density at radius 2 is 1.78 bits per heavy atom. The molecule has 23 heavy (non-hydrogen) atoms. The van der Waals surface area contributed by atoms with Crippen LogP contribution in [0.5, 0.6) is 5.75 Å².